The van der Waals surface area contributed by atoms with Crippen LogP contribution in [0.3, 0.4) is 0 Å². The average Bonchev–Trinajstić information content (AvgIpc) is 3.07. The first-order chi connectivity index (χ1) is 11.6. The average molecular weight is 346 g/mol. The van der Waals surface area contributed by atoms with E-state index in [0.717, 1.165) is 17.9 Å². The van der Waals surface area contributed by atoms with Gasteiger partial charge in [-0.15, -0.1) is 11.3 Å². The van der Waals surface area contributed by atoms with E-state index >= 15 is 0 Å². The molecule has 1 aliphatic heterocycles. The summed E-state index contributed by atoms with van der Waals surface area (Å²) in [4.78, 5) is 19.8. The predicted octanol–water partition coefficient (Wildman–Crippen LogP) is 2.32. The molecule has 1 unspecified atom stereocenters. The van der Waals surface area contributed by atoms with E-state index in [1.807, 2.05) is 37.2 Å². The number of ether oxygens (including phenoxy) is 1. The minimum absolute atomic E-state index is 0.0547. The van der Waals surface area contributed by atoms with Crippen LogP contribution in [0.15, 0.2) is 29.6 Å². The molecule has 3 rings (SSSR count). The number of fused-ring (bicyclic) bond motifs is 1. The number of aromatic nitrogens is 1. The molecule has 7 heteroatoms. The van der Waals surface area contributed by atoms with E-state index < -0.39 is 0 Å². The lowest BCUT2D eigenvalue weighted by atomic mass is 10.1. The zero-order valence-electron chi connectivity index (χ0n) is 13.9. The van der Waals surface area contributed by atoms with Gasteiger partial charge in [0.15, 0.2) is 0 Å². The summed E-state index contributed by atoms with van der Waals surface area (Å²) in [5, 5.41) is 7.80. The summed E-state index contributed by atoms with van der Waals surface area (Å²) in [7, 11) is 3.88. The van der Waals surface area contributed by atoms with Crippen LogP contribution in [0.1, 0.15) is 22.2 Å². The Morgan fingerprint density at radius 3 is 3.08 bits per heavy atom. The SMILES string of the molecule is CN(C)c1cccc(CNC(=O)NCC2OCCc3sccc32)n1. The van der Waals surface area contributed by atoms with Crippen LogP contribution in [0.2, 0.25) is 0 Å². The Bertz CT molecular complexity index is 701. The number of hydrogen-bond acceptors (Lipinski definition) is 5. The second kappa shape index (κ2) is 7.63. The maximum absolute atomic E-state index is 12.0. The molecular weight excluding hydrogens is 324 g/mol. The van der Waals surface area contributed by atoms with E-state index in [9.17, 15) is 4.79 Å². The molecule has 0 saturated carbocycles. The van der Waals surface area contributed by atoms with Crippen molar-refractivity contribution < 1.29 is 9.53 Å². The van der Waals surface area contributed by atoms with Gasteiger partial charge in [-0.05, 0) is 29.1 Å². The second-order valence-electron chi connectivity index (χ2n) is 5.85. The number of thiophene rings is 1. The van der Waals surface area contributed by atoms with E-state index in [2.05, 4.69) is 27.1 Å². The molecule has 0 saturated heterocycles. The zero-order chi connectivity index (χ0) is 16.9. The number of nitrogens with one attached hydrogen (secondary N) is 2. The maximum atomic E-state index is 12.0. The number of urea groups is 1. The third-order valence-corrected chi connectivity index (χ3v) is 4.90. The van der Waals surface area contributed by atoms with Crippen LogP contribution in [0.25, 0.3) is 0 Å². The van der Waals surface area contributed by atoms with E-state index in [1.54, 1.807) is 11.3 Å². The van der Waals surface area contributed by atoms with Crippen molar-refractivity contribution in [2.75, 3.05) is 32.1 Å². The summed E-state index contributed by atoms with van der Waals surface area (Å²) in [5.41, 5.74) is 2.03. The van der Waals surface area contributed by atoms with Crippen LogP contribution in [-0.4, -0.2) is 38.3 Å². The van der Waals surface area contributed by atoms with Crippen molar-refractivity contribution in [3.05, 3.63) is 45.8 Å². The van der Waals surface area contributed by atoms with Gasteiger partial charge in [-0.1, -0.05) is 6.07 Å². The second-order valence-corrected chi connectivity index (χ2v) is 6.85. The number of nitrogens with zero attached hydrogens (tertiary/aromatic N) is 2. The summed E-state index contributed by atoms with van der Waals surface area (Å²) in [6.07, 6.45) is 0.907. The van der Waals surface area contributed by atoms with Gasteiger partial charge in [0.1, 0.15) is 11.9 Å². The number of amides is 2. The van der Waals surface area contributed by atoms with E-state index in [-0.39, 0.29) is 12.1 Å². The number of carbonyl (C=O) groups is 1. The molecule has 2 aromatic rings. The number of carbonyl (C=O) groups excluding carboxylic acids is 1. The molecule has 6 nitrogen and oxygen atoms in total. The van der Waals surface area contributed by atoms with Crippen LogP contribution in [-0.2, 0) is 17.7 Å². The van der Waals surface area contributed by atoms with E-state index in [4.69, 9.17) is 4.74 Å². The summed E-state index contributed by atoms with van der Waals surface area (Å²) < 4.78 is 5.76. The molecule has 1 atom stereocenters. The van der Waals surface area contributed by atoms with Gasteiger partial charge in [0.05, 0.1) is 18.8 Å². The van der Waals surface area contributed by atoms with Crippen molar-refractivity contribution in [3.8, 4) is 0 Å². The van der Waals surface area contributed by atoms with Gasteiger partial charge in [0.2, 0.25) is 0 Å². The number of pyridine rings is 1. The monoisotopic (exact) mass is 346 g/mol. The van der Waals surface area contributed by atoms with Gasteiger partial charge in [0.25, 0.3) is 0 Å². The van der Waals surface area contributed by atoms with Crippen LogP contribution in [0, 0.1) is 0 Å². The Balaban J connectivity index is 1.48. The van der Waals surface area contributed by atoms with E-state index in [0.29, 0.717) is 19.7 Å². The van der Waals surface area contributed by atoms with Gasteiger partial charge in [-0.3, -0.25) is 0 Å². The van der Waals surface area contributed by atoms with Crippen molar-refractivity contribution in [2.45, 2.75) is 19.1 Å². The highest BCUT2D eigenvalue weighted by molar-refractivity contribution is 7.10. The molecule has 3 heterocycles. The van der Waals surface area contributed by atoms with Crippen LogP contribution in [0.4, 0.5) is 10.6 Å². The fraction of sp³-hybridized carbons (Fsp3) is 0.412. The number of rotatable bonds is 5. The lowest BCUT2D eigenvalue weighted by Crippen LogP contribution is -2.38. The highest BCUT2D eigenvalue weighted by Crippen LogP contribution is 2.30. The molecule has 24 heavy (non-hydrogen) atoms. The number of hydrogen-bond donors (Lipinski definition) is 2. The van der Waals surface area contributed by atoms with E-state index in [1.165, 1.54) is 10.4 Å². The lowest BCUT2D eigenvalue weighted by Gasteiger charge is -2.23. The smallest absolute Gasteiger partial charge is 0.315 e. The number of anilines is 1. The molecule has 1 aliphatic rings. The Hall–Kier alpha value is -2.12. The molecule has 0 aliphatic carbocycles. The highest BCUT2D eigenvalue weighted by atomic mass is 32.1. The van der Waals surface area contributed by atoms with Gasteiger partial charge < -0.3 is 20.3 Å². The fourth-order valence-corrected chi connectivity index (χ4v) is 3.54. The first-order valence-corrected chi connectivity index (χ1v) is 8.84. The Morgan fingerprint density at radius 1 is 1.38 bits per heavy atom. The summed E-state index contributed by atoms with van der Waals surface area (Å²) in [6.45, 7) is 1.58. The zero-order valence-corrected chi connectivity index (χ0v) is 14.7. The first-order valence-electron chi connectivity index (χ1n) is 7.96. The summed E-state index contributed by atoms with van der Waals surface area (Å²) >= 11 is 1.75. The van der Waals surface area contributed by atoms with Gasteiger partial charge in [-0.2, -0.15) is 0 Å². The summed E-state index contributed by atoms with van der Waals surface area (Å²) in [6, 6.07) is 7.64. The molecule has 0 aromatic carbocycles. The van der Waals surface area contributed by atoms with Gasteiger partial charge in [-0.25, -0.2) is 9.78 Å². The van der Waals surface area contributed by atoms with Crippen molar-refractivity contribution in [1.29, 1.82) is 0 Å². The lowest BCUT2D eigenvalue weighted by molar-refractivity contribution is 0.0454. The molecule has 128 valence electrons. The Morgan fingerprint density at radius 2 is 2.25 bits per heavy atom. The van der Waals surface area contributed by atoms with Crippen molar-refractivity contribution in [2.24, 2.45) is 0 Å². The van der Waals surface area contributed by atoms with Gasteiger partial charge >= 0.3 is 6.03 Å². The molecule has 2 amide bonds. The molecule has 2 aromatic heterocycles. The quantitative estimate of drug-likeness (QED) is 0.872. The van der Waals surface area contributed by atoms with Crippen LogP contribution in [0.5, 0.6) is 0 Å². The molecule has 0 spiro atoms. The fourth-order valence-electron chi connectivity index (χ4n) is 2.63. The Kier molecular flexibility index (Phi) is 5.32. The predicted molar refractivity (Wildman–Crippen MR) is 95.5 cm³/mol. The normalized spacial score (nSPS) is 16.3. The largest absolute Gasteiger partial charge is 0.371 e. The third kappa shape index (κ3) is 4.04. The third-order valence-electron chi connectivity index (χ3n) is 3.90. The topological polar surface area (TPSA) is 66.5 Å². The standard InChI is InChI=1S/C17H22N4O2S/c1-21(2)16-5-3-4-12(20-16)10-18-17(22)19-11-14-13-7-9-24-15(13)6-8-23-14/h3-5,7,9,14H,6,8,10-11H2,1-2H3,(H2,18,19,22). The molecular formula is C17H22N4O2S. The minimum atomic E-state index is -0.210. The van der Waals surface area contributed by atoms with Crippen LogP contribution < -0.4 is 15.5 Å². The Labute approximate surface area is 145 Å². The maximum Gasteiger partial charge on any atom is 0.315 e. The van der Waals surface area contributed by atoms with Gasteiger partial charge in [0, 0.05) is 31.9 Å². The summed E-state index contributed by atoms with van der Waals surface area (Å²) in [5.74, 6) is 0.871. The molecule has 0 bridgehead atoms. The highest BCUT2D eigenvalue weighted by Gasteiger charge is 2.22. The minimum Gasteiger partial charge on any atom is -0.371 e. The van der Waals surface area contributed by atoms with Crippen molar-refractivity contribution >= 4 is 23.2 Å². The van der Waals surface area contributed by atoms with Crippen LogP contribution >= 0.6 is 11.3 Å². The van der Waals surface area contributed by atoms with Crippen molar-refractivity contribution in [1.82, 2.24) is 15.6 Å². The molecule has 2 N–H and O–H groups in total. The molecule has 0 fully saturated rings. The first kappa shape index (κ1) is 16.7. The van der Waals surface area contributed by atoms with Crippen molar-refractivity contribution in [3.63, 3.8) is 0 Å². The molecule has 0 radical (unpaired) electrons.